The van der Waals surface area contributed by atoms with Crippen molar-refractivity contribution in [3.8, 4) is 11.5 Å². The third kappa shape index (κ3) is 4.25. The highest BCUT2D eigenvalue weighted by molar-refractivity contribution is 6.00. The molecule has 2 rings (SSSR count). The Bertz CT molecular complexity index is 691. The lowest BCUT2D eigenvalue weighted by Crippen LogP contribution is -2.22. The number of rotatable bonds is 5. The van der Waals surface area contributed by atoms with E-state index in [1.807, 2.05) is 31.2 Å². The number of hydrogen-bond acceptors (Lipinski definition) is 3. The Kier molecular flexibility index (Phi) is 4.93. The van der Waals surface area contributed by atoms with Gasteiger partial charge in [0, 0.05) is 5.56 Å². The molecule has 0 unspecified atom stereocenters. The highest BCUT2D eigenvalue weighted by Gasteiger charge is 2.39. The molecule has 6 heteroatoms. The minimum Gasteiger partial charge on any atom is -0.493 e. The van der Waals surface area contributed by atoms with Crippen LogP contribution in [0.5, 0.6) is 11.5 Å². The van der Waals surface area contributed by atoms with Crippen LogP contribution in [0.15, 0.2) is 42.5 Å². The molecule has 0 bridgehead atoms. The molecule has 122 valence electrons. The van der Waals surface area contributed by atoms with Crippen molar-refractivity contribution >= 4 is 5.78 Å². The number of methoxy groups -OCH3 is 1. The van der Waals surface area contributed by atoms with Crippen LogP contribution in [0.2, 0.25) is 0 Å². The van der Waals surface area contributed by atoms with Crippen LogP contribution in [-0.2, 0) is 6.61 Å². The maximum absolute atomic E-state index is 12.5. The average Bonchev–Trinajstić information content (AvgIpc) is 2.52. The molecule has 2 aromatic rings. The number of carbonyl (C=O) groups is 1. The van der Waals surface area contributed by atoms with Gasteiger partial charge in [0.1, 0.15) is 6.61 Å². The SMILES string of the molecule is COc1ccc(C(=O)C(F)(F)F)cc1OCc1ccc(C)cc1. The fourth-order valence-corrected chi connectivity index (χ4v) is 1.94. The topological polar surface area (TPSA) is 35.5 Å². The van der Waals surface area contributed by atoms with Crippen LogP contribution in [0.3, 0.4) is 0 Å². The second kappa shape index (κ2) is 6.73. The van der Waals surface area contributed by atoms with Gasteiger partial charge in [0.15, 0.2) is 11.5 Å². The van der Waals surface area contributed by atoms with Crippen molar-refractivity contribution in [3.63, 3.8) is 0 Å². The van der Waals surface area contributed by atoms with E-state index in [-0.39, 0.29) is 18.1 Å². The van der Waals surface area contributed by atoms with E-state index in [9.17, 15) is 18.0 Å². The maximum Gasteiger partial charge on any atom is 0.454 e. The molecule has 0 aliphatic carbocycles. The second-order valence-corrected chi connectivity index (χ2v) is 4.97. The fraction of sp³-hybridized carbons (Fsp3) is 0.235. The third-order valence-electron chi connectivity index (χ3n) is 3.20. The van der Waals surface area contributed by atoms with Gasteiger partial charge in [-0.25, -0.2) is 0 Å². The summed E-state index contributed by atoms with van der Waals surface area (Å²) in [6.07, 6.45) is -4.93. The number of aryl methyl sites for hydroxylation is 1. The van der Waals surface area contributed by atoms with E-state index in [1.54, 1.807) is 0 Å². The van der Waals surface area contributed by atoms with Crippen molar-refractivity contribution in [1.29, 1.82) is 0 Å². The zero-order valence-electron chi connectivity index (χ0n) is 12.6. The molecule has 2 aromatic carbocycles. The van der Waals surface area contributed by atoms with E-state index < -0.39 is 17.5 Å². The van der Waals surface area contributed by atoms with E-state index in [1.165, 1.54) is 13.2 Å². The molecule has 0 aliphatic heterocycles. The summed E-state index contributed by atoms with van der Waals surface area (Å²) in [5.41, 5.74) is 1.45. The zero-order chi connectivity index (χ0) is 17.0. The number of ketones is 1. The number of halogens is 3. The number of ether oxygens (including phenoxy) is 2. The zero-order valence-corrected chi connectivity index (χ0v) is 12.6. The third-order valence-corrected chi connectivity index (χ3v) is 3.20. The predicted molar refractivity (Wildman–Crippen MR) is 78.9 cm³/mol. The summed E-state index contributed by atoms with van der Waals surface area (Å²) in [4.78, 5) is 11.3. The van der Waals surface area contributed by atoms with Crippen LogP contribution in [-0.4, -0.2) is 19.1 Å². The summed E-state index contributed by atoms with van der Waals surface area (Å²) in [7, 11) is 1.37. The lowest BCUT2D eigenvalue weighted by molar-refractivity contribution is -0.0885. The largest absolute Gasteiger partial charge is 0.493 e. The minimum absolute atomic E-state index is 0.0863. The first-order valence-corrected chi connectivity index (χ1v) is 6.79. The van der Waals surface area contributed by atoms with Gasteiger partial charge in [-0.2, -0.15) is 13.2 Å². The Morgan fingerprint density at radius 1 is 1.04 bits per heavy atom. The van der Waals surface area contributed by atoms with Gasteiger partial charge >= 0.3 is 6.18 Å². The number of alkyl halides is 3. The van der Waals surface area contributed by atoms with E-state index in [0.29, 0.717) is 0 Å². The first-order chi connectivity index (χ1) is 10.8. The lowest BCUT2D eigenvalue weighted by atomic mass is 10.1. The highest BCUT2D eigenvalue weighted by atomic mass is 19.4. The van der Waals surface area contributed by atoms with Crippen LogP contribution in [0.1, 0.15) is 21.5 Å². The van der Waals surface area contributed by atoms with Crippen LogP contribution in [0.4, 0.5) is 13.2 Å². The minimum atomic E-state index is -4.93. The van der Waals surface area contributed by atoms with E-state index >= 15 is 0 Å². The molecule has 0 heterocycles. The Morgan fingerprint density at radius 2 is 1.70 bits per heavy atom. The van der Waals surface area contributed by atoms with Crippen LogP contribution >= 0.6 is 0 Å². The quantitative estimate of drug-likeness (QED) is 0.768. The van der Waals surface area contributed by atoms with Gasteiger partial charge in [-0.3, -0.25) is 4.79 Å². The summed E-state index contributed by atoms with van der Waals surface area (Å²) in [5.74, 6) is -1.57. The Balaban J connectivity index is 2.22. The van der Waals surface area contributed by atoms with Gasteiger partial charge in [0.25, 0.3) is 5.78 Å². The van der Waals surface area contributed by atoms with Gasteiger partial charge in [0.2, 0.25) is 0 Å². The van der Waals surface area contributed by atoms with Gasteiger partial charge in [-0.15, -0.1) is 0 Å². The normalized spacial score (nSPS) is 11.2. The van der Waals surface area contributed by atoms with Crippen LogP contribution in [0, 0.1) is 6.92 Å². The fourth-order valence-electron chi connectivity index (χ4n) is 1.94. The van der Waals surface area contributed by atoms with Gasteiger partial charge in [-0.05, 0) is 30.7 Å². The molecule has 0 fully saturated rings. The highest BCUT2D eigenvalue weighted by Crippen LogP contribution is 2.31. The van der Waals surface area contributed by atoms with Crippen LogP contribution in [0.25, 0.3) is 0 Å². The van der Waals surface area contributed by atoms with Gasteiger partial charge in [0.05, 0.1) is 7.11 Å². The Labute approximate surface area is 131 Å². The maximum atomic E-state index is 12.5. The van der Waals surface area contributed by atoms with Crippen molar-refractivity contribution in [2.75, 3.05) is 7.11 Å². The predicted octanol–water partition coefficient (Wildman–Crippen LogP) is 4.33. The molecule has 0 radical (unpaired) electrons. The number of hydrogen-bond donors (Lipinski definition) is 0. The first kappa shape index (κ1) is 16.9. The summed E-state index contributed by atoms with van der Waals surface area (Å²) in [6, 6.07) is 10.9. The second-order valence-electron chi connectivity index (χ2n) is 4.97. The average molecular weight is 324 g/mol. The summed E-state index contributed by atoms with van der Waals surface area (Å²) >= 11 is 0. The van der Waals surface area contributed by atoms with E-state index in [0.717, 1.165) is 23.3 Å². The molecule has 0 atom stereocenters. The van der Waals surface area contributed by atoms with Crippen molar-refractivity contribution in [3.05, 3.63) is 59.2 Å². The standard InChI is InChI=1S/C17H15F3O3/c1-11-3-5-12(6-4-11)10-23-15-9-13(7-8-14(15)22-2)16(21)17(18,19)20/h3-9H,10H2,1-2H3. The summed E-state index contributed by atoms with van der Waals surface area (Å²) in [5, 5.41) is 0. The van der Waals surface area contributed by atoms with Gasteiger partial charge in [-0.1, -0.05) is 29.8 Å². The van der Waals surface area contributed by atoms with Gasteiger partial charge < -0.3 is 9.47 Å². The number of Topliss-reactive ketones (excluding diaryl/α,β-unsaturated/α-hetero) is 1. The monoisotopic (exact) mass is 324 g/mol. The molecule has 0 spiro atoms. The van der Waals surface area contributed by atoms with Crippen molar-refractivity contribution in [1.82, 2.24) is 0 Å². The molecular weight excluding hydrogens is 309 g/mol. The molecule has 0 saturated heterocycles. The molecule has 0 saturated carbocycles. The molecule has 23 heavy (non-hydrogen) atoms. The van der Waals surface area contributed by atoms with Crippen LogP contribution < -0.4 is 9.47 Å². The number of carbonyl (C=O) groups excluding carboxylic acids is 1. The molecule has 0 N–H and O–H groups in total. The summed E-state index contributed by atoms with van der Waals surface area (Å²) < 4.78 is 48.1. The summed E-state index contributed by atoms with van der Waals surface area (Å²) in [6.45, 7) is 2.10. The number of benzene rings is 2. The van der Waals surface area contributed by atoms with E-state index in [4.69, 9.17) is 9.47 Å². The Hall–Kier alpha value is -2.50. The molecule has 0 aliphatic rings. The smallest absolute Gasteiger partial charge is 0.454 e. The molecule has 0 aromatic heterocycles. The van der Waals surface area contributed by atoms with Crippen molar-refractivity contribution < 1.29 is 27.4 Å². The van der Waals surface area contributed by atoms with E-state index in [2.05, 4.69) is 0 Å². The molecule has 3 nitrogen and oxygen atoms in total. The molecular formula is C17H15F3O3. The lowest BCUT2D eigenvalue weighted by Gasteiger charge is -2.13. The molecule has 0 amide bonds. The first-order valence-electron chi connectivity index (χ1n) is 6.79. The van der Waals surface area contributed by atoms with Crippen molar-refractivity contribution in [2.24, 2.45) is 0 Å². The van der Waals surface area contributed by atoms with Crippen molar-refractivity contribution in [2.45, 2.75) is 19.7 Å². The Morgan fingerprint density at radius 3 is 2.26 bits per heavy atom.